The molecule has 0 saturated carbocycles. The highest BCUT2D eigenvalue weighted by Crippen LogP contribution is 2.30. The number of rotatable bonds is 8. The fraction of sp³-hybridized carbons (Fsp3) is 0.483. The topological polar surface area (TPSA) is 76.2 Å². The number of likely N-dealkylation sites (N-methyl/N-ethyl adjacent to an activating group) is 1. The highest BCUT2D eigenvalue weighted by molar-refractivity contribution is 5.91. The van der Waals surface area contributed by atoms with Crippen molar-refractivity contribution in [2.45, 2.75) is 58.8 Å². The van der Waals surface area contributed by atoms with Crippen LogP contribution >= 0.6 is 0 Å². The zero-order valence-corrected chi connectivity index (χ0v) is 22.3. The highest BCUT2D eigenvalue weighted by atomic mass is 16.2. The molecule has 0 radical (unpaired) electrons. The lowest BCUT2D eigenvalue weighted by molar-refractivity contribution is -0.191. The molecule has 1 unspecified atom stereocenters. The number of fused-ring (bicyclic) bond motifs is 1. The molecule has 0 spiro atoms. The van der Waals surface area contributed by atoms with Gasteiger partial charge in [-0.15, -0.1) is 0 Å². The average Bonchev–Trinajstić information content (AvgIpc) is 2.90. The van der Waals surface area contributed by atoms with E-state index in [1.54, 1.807) is 14.9 Å². The minimum atomic E-state index is -0.586. The molecular formula is C29H39N5O3. The van der Waals surface area contributed by atoms with Crippen molar-refractivity contribution in [2.24, 2.45) is 5.92 Å². The SMILES string of the molecule is CCN1CC(=O)N2[C@@H](CC(C)C)C(=O)N(CC(C)c3ccccc3)C[C@@H]2N1C(=O)NCc1ccccc1. The molecule has 2 aliphatic rings. The van der Waals surface area contributed by atoms with Gasteiger partial charge in [0.15, 0.2) is 0 Å². The van der Waals surface area contributed by atoms with E-state index in [-0.39, 0.29) is 42.8 Å². The molecule has 2 fully saturated rings. The molecule has 4 rings (SSSR count). The number of hydrogen-bond acceptors (Lipinski definition) is 4. The molecule has 8 nitrogen and oxygen atoms in total. The molecule has 8 heteroatoms. The maximum Gasteiger partial charge on any atom is 0.334 e. The zero-order chi connectivity index (χ0) is 26.5. The Morgan fingerprint density at radius 3 is 2.27 bits per heavy atom. The molecule has 4 amide bonds. The molecule has 0 aromatic heterocycles. The molecule has 2 heterocycles. The number of hydrogen-bond donors (Lipinski definition) is 1. The number of carbonyl (C=O) groups is 3. The third-order valence-corrected chi connectivity index (χ3v) is 7.25. The number of piperazine rings is 1. The third kappa shape index (κ3) is 5.96. The van der Waals surface area contributed by atoms with Crippen LogP contribution in [0, 0.1) is 5.92 Å². The lowest BCUT2D eigenvalue weighted by atomic mass is 9.95. The first kappa shape index (κ1) is 26.7. The molecule has 2 aromatic rings. The van der Waals surface area contributed by atoms with Crippen molar-refractivity contribution in [3.63, 3.8) is 0 Å². The van der Waals surface area contributed by atoms with E-state index in [4.69, 9.17) is 0 Å². The van der Waals surface area contributed by atoms with E-state index in [0.717, 1.165) is 11.1 Å². The Balaban J connectivity index is 1.62. The summed E-state index contributed by atoms with van der Waals surface area (Å²) in [5, 5.41) is 6.50. The quantitative estimate of drug-likeness (QED) is 0.594. The van der Waals surface area contributed by atoms with Crippen LogP contribution in [0.25, 0.3) is 0 Å². The van der Waals surface area contributed by atoms with E-state index >= 15 is 0 Å². The van der Waals surface area contributed by atoms with E-state index < -0.39 is 12.2 Å². The zero-order valence-electron chi connectivity index (χ0n) is 22.3. The lowest BCUT2D eigenvalue weighted by Gasteiger charge is -2.55. The van der Waals surface area contributed by atoms with Crippen molar-refractivity contribution >= 4 is 17.8 Å². The molecule has 2 aromatic carbocycles. The summed E-state index contributed by atoms with van der Waals surface area (Å²) in [4.78, 5) is 44.3. The molecule has 2 saturated heterocycles. The largest absolute Gasteiger partial charge is 0.336 e. The number of hydrazine groups is 1. The van der Waals surface area contributed by atoms with Gasteiger partial charge < -0.3 is 15.1 Å². The number of carbonyl (C=O) groups excluding carboxylic acids is 3. The molecule has 1 N–H and O–H groups in total. The van der Waals surface area contributed by atoms with Crippen molar-refractivity contribution in [1.29, 1.82) is 0 Å². The van der Waals surface area contributed by atoms with E-state index in [1.807, 2.05) is 60.4 Å². The molecule has 3 atom stereocenters. The number of urea groups is 1. The van der Waals surface area contributed by atoms with Gasteiger partial charge >= 0.3 is 6.03 Å². The van der Waals surface area contributed by atoms with Crippen LogP contribution in [0.2, 0.25) is 0 Å². The summed E-state index contributed by atoms with van der Waals surface area (Å²) in [7, 11) is 0. The van der Waals surface area contributed by atoms with Gasteiger partial charge in [-0.2, -0.15) is 0 Å². The van der Waals surface area contributed by atoms with Crippen LogP contribution in [0.15, 0.2) is 60.7 Å². The van der Waals surface area contributed by atoms with E-state index in [0.29, 0.717) is 26.1 Å². The molecule has 2 aliphatic heterocycles. The Morgan fingerprint density at radius 1 is 1.00 bits per heavy atom. The second kappa shape index (κ2) is 11.8. The van der Waals surface area contributed by atoms with Crippen LogP contribution in [-0.2, 0) is 16.1 Å². The lowest BCUT2D eigenvalue weighted by Crippen LogP contribution is -2.76. The fourth-order valence-electron chi connectivity index (χ4n) is 5.38. The van der Waals surface area contributed by atoms with Gasteiger partial charge in [0.05, 0.1) is 13.1 Å². The summed E-state index contributed by atoms with van der Waals surface area (Å²) in [6, 6.07) is 19.0. The average molecular weight is 506 g/mol. The van der Waals surface area contributed by atoms with E-state index in [9.17, 15) is 14.4 Å². The summed E-state index contributed by atoms with van der Waals surface area (Å²) in [5.74, 6) is 0.209. The van der Waals surface area contributed by atoms with Crippen molar-refractivity contribution < 1.29 is 14.4 Å². The predicted molar refractivity (Wildman–Crippen MR) is 143 cm³/mol. The Morgan fingerprint density at radius 2 is 1.65 bits per heavy atom. The second-order valence-electron chi connectivity index (χ2n) is 10.5. The summed E-state index contributed by atoms with van der Waals surface area (Å²) in [5.41, 5.74) is 2.16. The third-order valence-electron chi connectivity index (χ3n) is 7.25. The van der Waals surface area contributed by atoms with E-state index in [2.05, 4.69) is 38.2 Å². The second-order valence-corrected chi connectivity index (χ2v) is 10.5. The van der Waals surface area contributed by atoms with Crippen molar-refractivity contribution in [3.8, 4) is 0 Å². The molecule has 0 bridgehead atoms. The Labute approximate surface area is 220 Å². The number of amides is 4. The van der Waals surface area contributed by atoms with E-state index in [1.165, 1.54) is 0 Å². The summed E-state index contributed by atoms with van der Waals surface area (Å²) < 4.78 is 0. The van der Waals surface area contributed by atoms with Gasteiger partial charge in [0.25, 0.3) is 0 Å². The van der Waals surface area contributed by atoms with Crippen LogP contribution in [0.1, 0.15) is 51.2 Å². The van der Waals surface area contributed by atoms with Gasteiger partial charge in [0.2, 0.25) is 11.8 Å². The van der Waals surface area contributed by atoms with Gasteiger partial charge in [-0.1, -0.05) is 88.4 Å². The highest BCUT2D eigenvalue weighted by Gasteiger charge is 2.51. The number of nitrogens with zero attached hydrogens (tertiary/aromatic N) is 4. The first-order chi connectivity index (χ1) is 17.8. The minimum Gasteiger partial charge on any atom is -0.336 e. The fourth-order valence-corrected chi connectivity index (χ4v) is 5.38. The molecule has 0 aliphatic carbocycles. The normalized spacial score (nSPS) is 21.3. The summed E-state index contributed by atoms with van der Waals surface area (Å²) in [6.45, 7) is 9.96. The standard InChI is InChI=1S/C29H39N5O3/c1-5-32-20-27(35)33-25(16-21(2)3)28(36)31(18-22(4)24-14-10-7-11-15-24)19-26(33)34(32)29(37)30-17-23-12-8-6-9-13-23/h6-15,21-22,25-26H,5,16-20H2,1-4H3,(H,30,37)/t22?,25-,26-/m0/s1. The van der Waals surface area contributed by atoms with Crippen LogP contribution in [0.4, 0.5) is 4.79 Å². The van der Waals surface area contributed by atoms with Crippen molar-refractivity contribution in [3.05, 3.63) is 71.8 Å². The monoisotopic (exact) mass is 505 g/mol. The van der Waals surface area contributed by atoms with Gasteiger partial charge in [-0.25, -0.2) is 14.8 Å². The van der Waals surface area contributed by atoms with Crippen LogP contribution in [-0.4, -0.2) is 76.0 Å². The Hall–Kier alpha value is -3.39. The Bertz CT molecular complexity index is 1080. The number of nitrogens with one attached hydrogen (secondary N) is 1. The molecular weight excluding hydrogens is 466 g/mol. The van der Waals surface area contributed by atoms with Crippen LogP contribution in [0.5, 0.6) is 0 Å². The van der Waals surface area contributed by atoms with Crippen LogP contribution in [0.3, 0.4) is 0 Å². The Kier molecular flexibility index (Phi) is 8.48. The minimum absolute atomic E-state index is 0.0318. The molecule has 198 valence electrons. The van der Waals surface area contributed by atoms with Gasteiger partial charge in [0.1, 0.15) is 12.2 Å². The van der Waals surface area contributed by atoms with Crippen LogP contribution < -0.4 is 5.32 Å². The number of benzene rings is 2. The summed E-state index contributed by atoms with van der Waals surface area (Å²) >= 11 is 0. The van der Waals surface area contributed by atoms with Crippen molar-refractivity contribution in [1.82, 2.24) is 25.1 Å². The molecule has 37 heavy (non-hydrogen) atoms. The predicted octanol–water partition coefficient (Wildman–Crippen LogP) is 3.66. The summed E-state index contributed by atoms with van der Waals surface area (Å²) in [6.07, 6.45) is 0.00416. The smallest absolute Gasteiger partial charge is 0.334 e. The van der Waals surface area contributed by atoms with Gasteiger partial charge in [-0.3, -0.25) is 9.59 Å². The maximum atomic E-state index is 13.8. The first-order valence-electron chi connectivity index (χ1n) is 13.3. The van der Waals surface area contributed by atoms with Gasteiger partial charge in [-0.05, 0) is 29.4 Å². The van der Waals surface area contributed by atoms with Gasteiger partial charge in [0, 0.05) is 19.6 Å². The maximum absolute atomic E-state index is 13.8. The first-order valence-corrected chi connectivity index (χ1v) is 13.3. The van der Waals surface area contributed by atoms with Crippen molar-refractivity contribution in [2.75, 3.05) is 26.2 Å².